The van der Waals surface area contributed by atoms with E-state index in [-0.39, 0.29) is 5.56 Å². The zero-order chi connectivity index (χ0) is 17.8. The van der Waals surface area contributed by atoms with Crippen LogP contribution in [0.25, 0.3) is 10.4 Å². The van der Waals surface area contributed by atoms with Gasteiger partial charge in [-0.25, -0.2) is 4.79 Å². The molecule has 1 radical (unpaired) electrons. The lowest BCUT2D eigenvalue weighted by atomic mass is 9.97. The summed E-state index contributed by atoms with van der Waals surface area (Å²) in [7, 11) is 0. The molecule has 0 bridgehead atoms. The van der Waals surface area contributed by atoms with Crippen LogP contribution in [0.3, 0.4) is 0 Å². The van der Waals surface area contributed by atoms with Crippen LogP contribution in [0.5, 0.6) is 0 Å². The highest BCUT2D eigenvalue weighted by Crippen LogP contribution is 2.36. The van der Waals surface area contributed by atoms with E-state index in [0.717, 1.165) is 23.3 Å². The van der Waals surface area contributed by atoms with Crippen LogP contribution >= 0.6 is 11.3 Å². The number of carbonyl (C=O) groups is 2. The maximum atomic E-state index is 11.6. The minimum atomic E-state index is -0.710. The number of hydrogen-bond donors (Lipinski definition) is 3. The van der Waals surface area contributed by atoms with Gasteiger partial charge in [0.25, 0.3) is 5.91 Å². The molecule has 0 spiro atoms. The van der Waals surface area contributed by atoms with Crippen molar-refractivity contribution in [1.82, 2.24) is 0 Å². The number of hydrogen-bond acceptors (Lipinski definition) is 3. The smallest absolute Gasteiger partial charge is 0.317 e. The topological polar surface area (TPSA) is 98.2 Å². The number of thiophene rings is 1. The average molecular weight is 356 g/mol. The number of amides is 3. The standard InChI is InChI=1S/C19H22N3O2S/c20-17(23)15-11-16(25-18(15)22-19(21)24)14-7-3-6-13(10-14)9-8-12-4-1-2-5-12/h3,6-7,10-11H,1-2,4-5,8-9H2,(H2,20,23)(H3,21,22,24). The van der Waals surface area contributed by atoms with E-state index >= 15 is 0 Å². The van der Waals surface area contributed by atoms with Gasteiger partial charge < -0.3 is 11.5 Å². The second-order valence-corrected chi connectivity index (χ2v) is 7.42. The molecule has 0 saturated heterocycles. The molecule has 0 atom stereocenters. The van der Waals surface area contributed by atoms with Crippen molar-refractivity contribution in [3.05, 3.63) is 47.4 Å². The van der Waals surface area contributed by atoms with Crippen LogP contribution in [0.1, 0.15) is 48.0 Å². The SMILES string of the molecule is NC(=O)Nc1sc(-c2cccc(CC[C]3CCCC3)c2)cc1C(N)=O. The predicted molar refractivity (Wildman–Crippen MR) is 102 cm³/mol. The largest absolute Gasteiger partial charge is 0.366 e. The third-order valence-corrected chi connectivity index (χ3v) is 5.62. The monoisotopic (exact) mass is 356 g/mol. The van der Waals surface area contributed by atoms with Gasteiger partial charge >= 0.3 is 6.03 Å². The fraction of sp³-hybridized carbons (Fsp3) is 0.316. The van der Waals surface area contributed by atoms with Crippen molar-refractivity contribution in [1.29, 1.82) is 0 Å². The summed E-state index contributed by atoms with van der Waals surface area (Å²) >= 11 is 1.30. The number of aryl methyl sites for hydroxylation is 1. The van der Waals surface area contributed by atoms with E-state index in [1.54, 1.807) is 12.0 Å². The first kappa shape index (κ1) is 17.5. The van der Waals surface area contributed by atoms with Crippen LogP contribution in [0, 0.1) is 5.92 Å². The van der Waals surface area contributed by atoms with E-state index in [4.69, 9.17) is 11.5 Å². The van der Waals surface area contributed by atoms with Crippen molar-refractivity contribution in [2.45, 2.75) is 38.5 Å². The molecular weight excluding hydrogens is 334 g/mol. The van der Waals surface area contributed by atoms with E-state index in [1.165, 1.54) is 42.6 Å². The summed E-state index contributed by atoms with van der Waals surface area (Å²) in [5.74, 6) is 1.09. The Morgan fingerprint density at radius 1 is 1.08 bits per heavy atom. The first-order chi connectivity index (χ1) is 12.0. The lowest BCUT2D eigenvalue weighted by Gasteiger charge is -2.08. The Kier molecular flexibility index (Phi) is 5.38. The summed E-state index contributed by atoms with van der Waals surface area (Å²) < 4.78 is 0. The number of anilines is 1. The Hall–Kier alpha value is -2.34. The number of benzene rings is 1. The molecule has 1 aromatic heterocycles. The van der Waals surface area contributed by atoms with Crippen LogP contribution in [0.2, 0.25) is 0 Å². The molecule has 1 aliphatic rings. The first-order valence-corrected chi connectivity index (χ1v) is 9.27. The lowest BCUT2D eigenvalue weighted by molar-refractivity contribution is 0.100. The molecule has 25 heavy (non-hydrogen) atoms. The van der Waals surface area contributed by atoms with Crippen LogP contribution in [0.4, 0.5) is 9.80 Å². The van der Waals surface area contributed by atoms with Crippen molar-refractivity contribution in [3.8, 4) is 10.4 Å². The minimum absolute atomic E-state index is 0.283. The van der Waals surface area contributed by atoms with Gasteiger partial charge in [0.2, 0.25) is 0 Å². The molecule has 2 aromatic rings. The molecular formula is C19H22N3O2S. The van der Waals surface area contributed by atoms with E-state index in [9.17, 15) is 9.59 Å². The summed E-state index contributed by atoms with van der Waals surface area (Å²) in [5, 5.41) is 2.87. The number of rotatable bonds is 6. The number of nitrogens with two attached hydrogens (primary N) is 2. The molecule has 1 fully saturated rings. The van der Waals surface area contributed by atoms with Gasteiger partial charge in [-0.05, 0) is 48.8 Å². The Balaban J connectivity index is 1.79. The minimum Gasteiger partial charge on any atom is -0.366 e. The third kappa shape index (κ3) is 4.39. The van der Waals surface area contributed by atoms with Gasteiger partial charge in [0, 0.05) is 4.88 Å². The zero-order valence-electron chi connectivity index (χ0n) is 14.0. The van der Waals surface area contributed by atoms with Crippen LogP contribution in [0.15, 0.2) is 30.3 Å². The molecule has 1 heterocycles. The Morgan fingerprint density at radius 3 is 2.52 bits per heavy atom. The van der Waals surface area contributed by atoms with Crippen molar-refractivity contribution >= 4 is 28.3 Å². The van der Waals surface area contributed by atoms with Gasteiger partial charge in [0.15, 0.2) is 0 Å². The molecule has 1 aliphatic carbocycles. The normalized spacial score (nSPS) is 14.6. The second kappa shape index (κ2) is 7.70. The highest BCUT2D eigenvalue weighted by Gasteiger charge is 2.17. The van der Waals surface area contributed by atoms with Crippen LogP contribution in [-0.2, 0) is 6.42 Å². The summed E-state index contributed by atoms with van der Waals surface area (Å²) in [6.07, 6.45) is 7.38. The van der Waals surface area contributed by atoms with Crippen LogP contribution in [-0.4, -0.2) is 11.9 Å². The van der Waals surface area contributed by atoms with Gasteiger partial charge in [-0.2, -0.15) is 0 Å². The molecule has 0 unspecified atom stereocenters. The molecule has 0 aliphatic heterocycles. The highest BCUT2D eigenvalue weighted by molar-refractivity contribution is 7.20. The third-order valence-electron chi connectivity index (χ3n) is 4.52. The summed E-state index contributed by atoms with van der Waals surface area (Å²) in [4.78, 5) is 23.6. The predicted octanol–water partition coefficient (Wildman–Crippen LogP) is 4.09. The summed E-state index contributed by atoms with van der Waals surface area (Å²) in [5.41, 5.74) is 13.1. The summed E-state index contributed by atoms with van der Waals surface area (Å²) in [6, 6.07) is 9.29. The average Bonchev–Trinajstić information content (AvgIpc) is 3.22. The van der Waals surface area contributed by atoms with Gasteiger partial charge in [0.05, 0.1) is 5.56 Å². The molecule has 3 amide bonds. The second-order valence-electron chi connectivity index (χ2n) is 6.36. The maximum Gasteiger partial charge on any atom is 0.317 e. The fourth-order valence-electron chi connectivity index (χ4n) is 3.25. The molecule has 5 nitrogen and oxygen atoms in total. The molecule has 5 N–H and O–H groups in total. The van der Waals surface area contributed by atoms with Crippen molar-refractivity contribution < 1.29 is 9.59 Å². The lowest BCUT2D eigenvalue weighted by Crippen LogP contribution is -2.21. The number of carbonyl (C=O) groups excluding carboxylic acids is 2. The quantitative estimate of drug-likeness (QED) is 0.726. The zero-order valence-corrected chi connectivity index (χ0v) is 14.8. The number of nitrogens with one attached hydrogen (secondary N) is 1. The fourth-order valence-corrected chi connectivity index (χ4v) is 4.31. The van der Waals surface area contributed by atoms with E-state index in [1.807, 2.05) is 12.1 Å². The van der Waals surface area contributed by atoms with E-state index in [0.29, 0.717) is 5.00 Å². The van der Waals surface area contributed by atoms with Gasteiger partial charge in [-0.3, -0.25) is 10.1 Å². The van der Waals surface area contributed by atoms with Gasteiger partial charge in [-0.15, -0.1) is 11.3 Å². The molecule has 131 valence electrons. The first-order valence-electron chi connectivity index (χ1n) is 8.46. The Morgan fingerprint density at radius 2 is 1.84 bits per heavy atom. The molecule has 6 heteroatoms. The van der Waals surface area contributed by atoms with E-state index < -0.39 is 11.9 Å². The Labute approximate surface area is 151 Å². The number of primary amides is 2. The molecule has 3 rings (SSSR count). The van der Waals surface area contributed by atoms with Crippen molar-refractivity contribution in [2.24, 2.45) is 11.5 Å². The maximum absolute atomic E-state index is 11.6. The van der Waals surface area contributed by atoms with Crippen molar-refractivity contribution in [3.63, 3.8) is 0 Å². The molecule has 1 aromatic carbocycles. The van der Waals surface area contributed by atoms with Gasteiger partial charge in [-0.1, -0.05) is 37.1 Å². The van der Waals surface area contributed by atoms with Crippen molar-refractivity contribution in [2.75, 3.05) is 5.32 Å². The molecule has 1 saturated carbocycles. The van der Waals surface area contributed by atoms with Gasteiger partial charge in [0.1, 0.15) is 5.00 Å². The highest BCUT2D eigenvalue weighted by atomic mass is 32.1. The van der Waals surface area contributed by atoms with E-state index in [2.05, 4.69) is 17.4 Å². The summed E-state index contributed by atoms with van der Waals surface area (Å²) in [6.45, 7) is 0. The number of urea groups is 1. The Bertz CT molecular complexity index is 779. The van der Waals surface area contributed by atoms with Crippen LogP contribution < -0.4 is 16.8 Å².